The van der Waals surface area contributed by atoms with Crippen molar-refractivity contribution in [2.45, 2.75) is 38.3 Å². The molecular formula is C9H19NO2. The van der Waals surface area contributed by atoms with Gasteiger partial charge in [-0.05, 0) is 26.3 Å². The highest BCUT2D eigenvalue weighted by atomic mass is 16.3. The summed E-state index contributed by atoms with van der Waals surface area (Å²) in [5, 5.41) is 18.6. The van der Waals surface area contributed by atoms with Crippen LogP contribution in [0.5, 0.6) is 0 Å². The maximum atomic E-state index is 9.44. The van der Waals surface area contributed by atoms with E-state index >= 15 is 0 Å². The van der Waals surface area contributed by atoms with E-state index in [1.165, 1.54) is 0 Å². The third-order valence-corrected chi connectivity index (χ3v) is 2.70. The Labute approximate surface area is 74.0 Å². The molecule has 1 fully saturated rings. The van der Waals surface area contributed by atoms with Gasteiger partial charge in [0.2, 0.25) is 0 Å². The van der Waals surface area contributed by atoms with Gasteiger partial charge in [-0.3, -0.25) is 4.90 Å². The molecule has 1 heterocycles. The number of aliphatic hydroxyl groups is 2. The van der Waals surface area contributed by atoms with Crippen molar-refractivity contribution in [3.05, 3.63) is 0 Å². The number of hydrogen-bond acceptors (Lipinski definition) is 3. The largest absolute Gasteiger partial charge is 0.394 e. The first-order valence-corrected chi connectivity index (χ1v) is 4.66. The lowest BCUT2D eigenvalue weighted by atomic mass is 9.99. The number of β-amino-alcohol motifs (C(OH)–C–C–N with tert-alkyl or cyclic N) is 1. The summed E-state index contributed by atoms with van der Waals surface area (Å²) in [4.78, 5) is 2.18. The topological polar surface area (TPSA) is 43.7 Å². The van der Waals surface area contributed by atoms with Gasteiger partial charge >= 0.3 is 0 Å². The van der Waals surface area contributed by atoms with E-state index in [4.69, 9.17) is 0 Å². The van der Waals surface area contributed by atoms with Gasteiger partial charge in [-0.25, -0.2) is 0 Å². The molecule has 12 heavy (non-hydrogen) atoms. The second-order valence-electron chi connectivity index (χ2n) is 3.96. The van der Waals surface area contributed by atoms with Crippen molar-refractivity contribution in [1.82, 2.24) is 4.90 Å². The predicted octanol–water partition coefficient (Wildman–Crippen LogP) is 0.214. The average molecular weight is 173 g/mol. The summed E-state index contributed by atoms with van der Waals surface area (Å²) in [7, 11) is 0. The van der Waals surface area contributed by atoms with Crippen LogP contribution in [0.4, 0.5) is 0 Å². The molecule has 0 aromatic carbocycles. The molecule has 2 atom stereocenters. The monoisotopic (exact) mass is 173 g/mol. The van der Waals surface area contributed by atoms with Crippen molar-refractivity contribution in [3.63, 3.8) is 0 Å². The molecule has 1 saturated heterocycles. The molecule has 3 heteroatoms. The highest BCUT2D eigenvalue weighted by molar-refractivity contribution is 4.95. The second kappa shape index (κ2) is 3.73. The van der Waals surface area contributed by atoms with Gasteiger partial charge in [0.05, 0.1) is 12.7 Å². The minimum atomic E-state index is -0.256. The van der Waals surface area contributed by atoms with Crippen LogP contribution in [0.1, 0.15) is 26.7 Å². The maximum absolute atomic E-state index is 9.44. The van der Waals surface area contributed by atoms with Crippen LogP contribution in [-0.2, 0) is 0 Å². The molecule has 0 radical (unpaired) electrons. The number of aliphatic hydroxyl groups excluding tert-OH is 2. The van der Waals surface area contributed by atoms with Gasteiger partial charge in [0.15, 0.2) is 0 Å². The van der Waals surface area contributed by atoms with Crippen molar-refractivity contribution in [1.29, 1.82) is 0 Å². The van der Waals surface area contributed by atoms with Gasteiger partial charge in [-0.2, -0.15) is 0 Å². The van der Waals surface area contributed by atoms with Crippen LogP contribution in [0.15, 0.2) is 0 Å². The Morgan fingerprint density at radius 2 is 2.25 bits per heavy atom. The molecule has 1 rings (SSSR count). The van der Waals surface area contributed by atoms with Crippen molar-refractivity contribution >= 4 is 0 Å². The van der Waals surface area contributed by atoms with E-state index in [-0.39, 0.29) is 18.2 Å². The van der Waals surface area contributed by atoms with E-state index < -0.39 is 0 Å². The van der Waals surface area contributed by atoms with E-state index in [1.54, 1.807) is 0 Å². The summed E-state index contributed by atoms with van der Waals surface area (Å²) in [5.74, 6) is 0. The minimum Gasteiger partial charge on any atom is -0.394 e. The third kappa shape index (κ3) is 1.79. The van der Waals surface area contributed by atoms with Crippen LogP contribution in [-0.4, -0.2) is 46.5 Å². The number of nitrogens with zero attached hydrogens (tertiary/aromatic N) is 1. The molecule has 0 amide bonds. The van der Waals surface area contributed by atoms with Gasteiger partial charge in [0, 0.05) is 12.1 Å². The molecule has 0 saturated carbocycles. The first-order valence-electron chi connectivity index (χ1n) is 4.66. The molecule has 0 aromatic rings. The van der Waals surface area contributed by atoms with Crippen molar-refractivity contribution in [3.8, 4) is 0 Å². The zero-order valence-corrected chi connectivity index (χ0v) is 7.95. The lowest BCUT2D eigenvalue weighted by Gasteiger charge is -2.32. The van der Waals surface area contributed by atoms with Crippen molar-refractivity contribution in [2.75, 3.05) is 19.7 Å². The average Bonchev–Trinajstić information content (AvgIpc) is 2.29. The van der Waals surface area contributed by atoms with E-state index in [0.29, 0.717) is 13.0 Å². The van der Waals surface area contributed by atoms with Gasteiger partial charge in [0.25, 0.3) is 0 Å². The summed E-state index contributed by atoms with van der Waals surface area (Å²) >= 11 is 0. The standard InChI is InChI=1S/C9H19NO2/c1-3-4-10-6-8(12)5-9(10,2)7-11/h8,11-12H,3-7H2,1-2H3. The van der Waals surface area contributed by atoms with Gasteiger partial charge < -0.3 is 10.2 Å². The van der Waals surface area contributed by atoms with Crippen LogP contribution in [0.2, 0.25) is 0 Å². The highest BCUT2D eigenvalue weighted by Crippen LogP contribution is 2.28. The molecule has 0 bridgehead atoms. The minimum absolute atomic E-state index is 0.143. The van der Waals surface area contributed by atoms with Crippen molar-refractivity contribution in [2.24, 2.45) is 0 Å². The summed E-state index contributed by atoms with van der Waals surface area (Å²) < 4.78 is 0. The molecule has 0 aromatic heterocycles. The fraction of sp³-hybridized carbons (Fsp3) is 1.00. The van der Waals surface area contributed by atoms with Crippen LogP contribution in [0.3, 0.4) is 0 Å². The fourth-order valence-electron chi connectivity index (χ4n) is 1.97. The van der Waals surface area contributed by atoms with Crippen LogP contribution >= 0.6 is 0 Å². The SMILES string of the molecule is CCCN1CC(O)CC1(C)CO. The first-order chi connectivity index (χ1) is 5.62. The molecule has 1 aliphatic heterocycles. The molecule has 2 unspecified atom stereocenters. The summed E-state index contributed by atoms with van der Waals surface area (Å²) in [6.07, 6.45) is 1.51. The maximum Gasteiger partial charge on any atom is 0.0685 e. The Morgan fingerprint density at radius 3 is 2.75 bits per heavy atom. The smallest absolute Gasteiger partial charge is 0.0685 e. The molecule has 2 N–H and O–H groups in total. The lowest BCUT2D eigenvalue weighted by Crippen LogP contribution is -2.44. The molecule has 72 valence electrons. The molecular weight excluding hydrogens is 154 g/mol. The lowest BCUT2D eigenvalue weighted by molar-refractivity contribution is 0.0792. The number of rotatable bonds is 3. The normalized spacial score (nSPS) is 37.5. The number of hydrogen-bond donors (Lipinski definition) is 2. The Kier molecular flexibility index (Phi) is 3.09. The fourth-order valence-corrected chi connectivity index (χ4v) is 1.97. The van der Waals surface area contributed by atoms with Crippen molar-refractivity contribution < 1.29 is 10.2 Å². The van der Waals surface area contributed by atoms with E-state index in [1.807, 2.05) is 6.92 Å². The predicted molar refractivity (Wildman–Crippen MR) is 48.0 cm³/mol. The van der Waals surface area contributed by atoms with E-state index in [2.05, 4.69) is 11.8 Å². The second-order valence-corrected chi connectivity index (χ2v) is 3.96. The van der Waals surface area contributed by atoms with Crippen LogP contribution < -0.4 is 0 Å². The molecule has 0 aliphatic carbocycles. The third-order valence-electron chi connectivity index (χ3n) is 2.70. The summed E-state index contributed by atoms with van der Waals surface area (Å²) in [5.41, 5.74) is -0.185. The Morgan fingerprint density at radius 1 is 1.58 bits per heavy atom. The van der Waals surface area contributed by atoms with E-state index in [0.717, 1.165) is 13.0 Å². The molecule has 0 spiro atoms. The quantitative estimate of drug-likeness (QED) is 0.641. The number of likely N-dealkylation sites (tertiary alicyclic amines) is 1. The van der Waals surface area contributed by atoms with Gasteiger partial charge in [0.1, 0.15) is 0 Å². The Balaban J connectivity index is 2.58. The van der Waals surface area contributed by atoms with E-state index in [9.17, 15) is 10.2 Å². The molecule has 3 nitrogen and oxygen atoms in total. The summed E-state index contributed by atoms with van der Waals surface area (Å²) in [6.45, 7) is 5.95. The van der Waals surface area contributed by atoms with Crippen LogP contribution in [0.25, 0.3) is 0 Å². The van der Waals surface area contributed by atoms with Gasteiger partial charge in [-0.15, -0.1) is 0 Å². The first kappa shape index (κ1) is 9.96. The zero-order chi connectivity index (χ0) is 9.19. The van der Waals surface area contributed by atoms with Gasteiger partial charge in [-0.1, -0.05) is 6.92 Å². The Hall–Kier alpha value is -0.120. The Bertz CT molecular complexity index is 151. The molecule has 1 aliphatic rings. The summed E-state index contributed by atoms with van der Waals surface area (Å²) in [6, 6.07) is 0. The highest BCUT2D eigenvalue weighted by Gasteiger charge is 2.39. The zero-order valence-electron chi connectivity index (χ0n) is 7.95. The van der Waals surface area contributed by atoms with Crippen LogP contribution in [0, 0.1) is 0 Å².